The van der Waals surface area contributed by atoms with Crippen LogP contribution in [-0.4, -0.2) is 31.1 Å². The molecule has 0 aliphatic heterocycles. The van der Waals surface area contributed by atoms with Gasteiger partial charge in [-0.25, -0.2) is 0 Å². The number of rotatable bonds is 8. The maximum atomic E-state index is 12.1. The van der Waals surface area contributed by atoms with Gasteiger partial charge < -0.3 is 15.4 Å². The second kappa shape index (κ2) is 8.59. The van der Waals surface area contributed by atoms with Crippen LogP contribution in [0.1, 0.15) is 32.8 Å². The van der Waals surface area contributed by atoms with Gasteiger partial charge in [0.05, 0.1) is 0 Å². The summed E-state index contributed by atoms with van der Waals surface area (Å²) in [5.74, 6) is 0.686. The third-order valence-electron chi connectivity index (χ3n) is 3.07. The predicted octanol–water partition coefficient (Wildman–Crippen LogP) is 2.27. The summed E-state index contributed by atoms with van der Waals surface area (Å²) in [6, 6.07) is 8.02. The number of hydrogen-bond acceptors (Lipinski definition) is 3. The van der Waals surface area contributed by atoms with Gasteiger partial charge in [-0.3, -0.25) is 4.79 Å². The topological polar surface area (TPSA) is 50.4 Å². The largest absolute Gasteiger partial charge is 0.481 e. The van der Waals surface area contributed by atoms with Crippen LogP contribution in [0.4, 0.5) is 0 Å². The molecule has 0 saturated heterocycles. The molecule has 4 nitrogen and oxygen atoms in total. The van der Waals surface area contributed by atoms with Crippen LogP contribution < -0.4 is 15.4 Å². The highest BCUT2D eigenvalue weighted by molar-refractivity contribution is 5.81. The van der Waals surface area contributed by atoms with Gasteiger partial charge in [-0.1, -0.05) is 26.0 Å². The standard InChI is InChI=1S/C16H26N2O2/c1-5-15(16(19)18-11-13(4)17-6-2)20-14-9-7-8-12(3)10-14/h7-10,13,15,17H,5-6,11H2,1-4H3,(H,18,19)/t13-,15?/m1/s1. The molecule has 1 unspecified atom stereocenters. The second-order valence-corrected chi connectivity index (χ2v) is 5.04. The number of nitrogens with one attached hydrogen (secondary N) is 2. The van der Waals surface area contributed by atoms with Gasteiger partial charge in [-0.2, -0.15) is 0 Å². The smallest absolute Gasteiger partial charge is 0.261 e. The first-order valence-electron chi connectivity index (χ1n) is 7.31. The van der Waals surface area contributed by atoms with Gasteiger partial charge in [0.15, 0.2) is 6.10 Å². The molecule has 2 N–H and O–H groups in total. The van der Waals surface area contributed by atoms with Crippen molar-refractivity contribution in [1.82, 2.24) is 10.6 Å². The molecule has 1 aromatic carbocycles. The Morgan fingerprint density at radius 2 is 2.10 bits per heavy atom. The van der Waals surface area contributed by atoms with E-state index in [1.165, 1.54) is 0 Å². The summed E-state index contributed by atoms with van der Waals surface area (Å²) < 4.78 is 5.77. The van der Waals surface area contributed by atoms with Gasteiger partial charge in [0.2, 0.25) is 0 Å². The van der Waals surface area contributed by atoms with E-state index in [1.54, 1.807) is 0 Å². The highest BCUT2D eigenvalue weighted by Gasteiger charge is 2.18. The SMILES string of the molecule is CCN[C@H](C)CNC(=O)C(CC)Oc1cccc(C)c1. The zero-order valence-corrected chi connectivity index (χ0v) is 12.9. The second-order valence-electron chi connectivity index (χ2n) is 5.04. The molecule has 0 heterocycles. The molecule has 0 spiro atoms. The lowest BCUT2D eigenvalue weighted by molar-refractivity contribution is -0.128. The minimum atomic E-state index is -0.439. The van der Waals surface area contributed by atoms with Crippen LogP contribution in [0, 0.1) is 6.92 Å². The zero-order valence-electron chi connectivity index (χ0n) is 12.9. The van der Waals surface area contributed by atoms with E-state index in [4.69, 9.17) is 4.74 Å². The van der Waals surface area contributed by atoms with Crippen LogP contribution in [0.25, 0.3) is 0 Å². The molecule has 20 heavy (non-hydrogen) atoms. The van der Waals surface area contributed by atoms with Crippen LogP contribution in [0.3, 0.4) is 0 Å². The summed E-state index contributed by atoms with van der Waals surface area (Å²) >= 11 is 0. The Hall–Kier alpha value is -1.55. The maximum Gasteiger partial charge on any atom is 0.261 e. The first kappa shape index (κ1) is 16.5. The molecule has 0 radical (unpaired) electrons. The predicted molar refractivity (Wildman–Crippen MR) is 82.0 cm³/mol. The lowest BCUT2D eigenvalue weighted by atomic mass is 10.2. The van der Waals surface area contributed by atoms with Gasteiger partial charge in [-0.05, 0) is 44.5 Å². The lowest BCUT2D eigenvalue weighted by Gasteiger charge is -2.19. The first-order valence-corrected chi connectivity index (χ1v) is 7.31. The number of carbonyl (C=O) groups excluding carboxylic acids is 1. The summed E-state index contributed by atoms with van der Waals surface area (Å²) in [5, 5.41) is 6.19. The minimum Gasteiger partial charge on any atom is -0.481 e. The van der Waals surface area contributed by atoms with Gasteiger partial charge in [0, 0.05) is 12.6 Å². The van der Waals surface area contributed by atoms with Crippen LogP contribution in [0.2, 0.25) is 0 Å². The van der Waals surface area contributed by atoms with Crippen LogP contribution in [0.15, 0.2) is 24.3 Å². The molecule has 0 saturated carbocycles. The van der Waals surface area contributed by atoms with Crippen molar-refractivity contribution < 1.29 is 9.53 Å². The van der Waals surface area contributed by atoms with Crippen molar-refractivity contribution in [3.8, 4) is 5.75 Å². The van der Waals surface area contributed by atoms with E-state index >= 15 is 0 Å². The van der Waals surface area contributed by atoms with Crippen molar-refractivity contribution in [1.29, 1.82) is 0 Å². The number of aryl methyl sites for hydroxylation is 1. The average molecular weight is 278 g/mol. The van der Waals surface area contributed by atoms with Crippen molar-refractivity contribution in [3.05, 3.63) is 29.8 Å². The molecule has 0 aromatic heterocycles. The van der Waals surface area contributed by atoms with E-state index in [0.717, 1.165) is 17.9 Å². The van der Waals surface area contributed by atoms with Crippen LogP contribution in [-0.2, 0) is 4.79 Å². The lowest BCUT2D eigenvalue weighted by Crippen LogP contribution is -2.44. The Morgan fingerprint density at radius 1 is 1.35 bits per heavy atom. The van der Waals surface area contributed by atoms with Crippen molar-refractivity contribution in [2.24, 2.45) is 0 Å². The Kier molecular flexibility index (Phi) is 7.09. The van der Waals surface area contributed by atoms with E-state index in [-0.39, 0.29) is 11.9 Å². The van der Waals surface area contributed by atoms with Gasteiger partial charge in [0.25, 0.3) is 5.91 Å². The van der Waals surface area contributed by atoms with E-state index in [9.17, 15) is 4.79 Å². The Morgan fingerprint density at radius 3 is 2.70 bits per heavy atom. The van der Waals surface area contributed by atoms with Crippen molar-refractivity contribution in [2.75, 3.05) is 13.1 Å². The number of amides is 1. The summed E-state index contributed by atoms with van der Waals surface area (Å²) in [5.41, 5.74) is 1.12. The minimum absolute atomic E-state index is 0.0567. The number of carbonyl (C=O) groups is 1. The van der Waals surface area contributed by atoms with E-state index in [0.29, 0.717) is 13.0 Å². The molecule has 112 valence electrons. The monoisotopic (exact) mass is 278 g/mol. The van der Waals surface area contributed by atoms with Crippen molar-refractivity contribution in [3.63, 3.8) is 0 Å². The fraction of sp³-hybridized carbons (Fsp3) is 0.562. The Balaban J connectivity index is 2.51. The molecule has 0 fully saturated rings. The fourth-order valence-electron chi connectivity index (χ4n) is 1.96. The van der Waals surface area contributed by atoms with E-state index < -0.39 is 6.10 Å². The third kappa shape index (κ3) is 5.61. The molecule has 4 heteroatoms. The van der Waals surface area contributed by atoms with E-state index in [2.05, 4.69) is 10.6 Å². The highest BCUT2D eigenvalue weighted by Crippen LogP contribution is 2.15. The van der Waals surface area contributed by atoms with Crippen molar-refractivity contribution >= 4 is 5.91 Å². The molecule has 1 amide bonds. The first-order chi connectivity index (χ1) is 9.56. The normalized spacial score (nSPS) is 13.6. The molecular formula is C16H26N2O2. The molecule has 2 atom stereocenters. The fourth-order valence-corrected chi connectivity index (χ4v) is 1.96. The summed E-state index contributed by atoms with van der Waals surface area (Å²) in [4.78, 5) is 12.1. The van der Waals surface area contributed by atoms with Gasteiger partial charge in [-0.15, -0.1) is 0 Å². The molecular weight excluding hydrogens is 252 g/mol. The van der Waals surface area contributed by atoms with Crippen LogP contribution >= 0.6 is 0 Å². The van der Waals surface area contributed by atoms with Gasteiger partial charge in [0.1, 0.15) is 5.75 Å². The number of ether oxygens (including phenoxy) is 1. The number of benzene rings is 1. The zero-order chi connectivity index (χ0) is 15.0. The molecule has 1 rings (SSSR count). The highest BCUT2D eigenvalue weighted by atomic mass is 16.5. The maximum absolute atomic E-state index is 12.1. The van der Waals surface area contributed by atoms with Crippen molar-refractivity contribution in [2.45, 2.75) is 46.3 Å². The average Bonchev–Trinajstić information content (AvgIpc) is 2.42. The molecule has 0 aliphatic carbocycles. The Labute approximate surface area is 121 Å². The Bertz CT molecular complexity index is 421. The summed E-state index contributed by atoms with van der Waals surface area (Å²) in [6.07, 6.45) is 0.209. The van der Waals surface area contributed by atoms with Crippen LogP contribution in [0.5, 0.6) is 5.75 Å². The number of hydrogen-bond donors (Lipinski definition) is 2. The third-order valence-corrected chi connectivity index (χ3v) is 3.07. The number of likely N-dealkylation sites (N-methyl/N-ethyl adjacent to an activating group) is 1. The molecule has 1 aromatic rings. The molecule has 0 aliphatic rings. The molecule has 0 bridgehead atoms. The summed E-state index contributed by atoms with van der Waals surface area (Å²) in [7, 11) is 0. The summed E-state index contributed by atoms with van der Waals surface area (Å²) in [6.45, 7) is 9.56. The van der Waals surface area contributed by atoms with E-state index in [1.807, 2.05) is 52.0 Å². The quantitative estimate of drug-likeness (QED) is 0.767. The van der Waals surface area contributed by atoms with Gasteiger partial charge >= 0.3 is 0 Å².